The molecule has 5 nitrogen and oxygen atoms in total. The number of hydrogen-bond donors (Lipinski definition) is 3. The molecule has 0 aromatic rings. The van der Waals surface area contributed by atoms with Crippen LogP contribution in [0.1, 0.15) is 32.6 Å². The van der Waals surface area contributed by atoms with E-state index in [4.69, 9.17) is 5.11 Å². The summed E-state index contributed by atoms with van der Waals surface area (Å²) in [4.78, 5) is 21.7. The molecule has 2 unspecified atom stereocenters. The Labute approximate surface area is 89.2 Å². The molecule has 5 heteroatoms. The van der Waals surface area contributed by atoms with Crippen LogP contribution in [0.25, 0.3) is 0 Å². The van der Waals surface area contributed by atoms with Crippen molar-refractivity contribution >= 4 is 11.9 Å². The Morgan fingerprint density at radius 1 is 1.73 bits per heavy atom. The van der Waals surface area contributed by atoms with E-state index in [1.807, 2.05) is 6.92 Å². The van der Waals surface area contributed by atoms with E-state index in [-0.39, 0.29) is 11.9 Å². The van der Waals surface area contributed by atoms with E-state index in [9.17, 15) is 9.59 Å². The van der Waals surface area contributed by atoms with E-state index in [2.05, 4.69) is 10.6 Å². The van der Waals surface area contributed by atoms with Crippen LogP contribution in [-0.2, 0) is 9.59 Å². The van der Waals surface area contributed by atoms with Gasteiger partial charge in [-0.15, -0.1) is 0 Å². The molecule has 1 saturated heterocycles. The second-order valence-corrected chi connectivity index (χ2v) is 3.89. The fraction of sp³-hybridized carbons (Fsp3) is 0.800. The summed E-state index contributed by atoms with van der Waals surface area (Å²) in [7, 11) is 0. The molecule has 0 aliphatic carbocycles. The van der Waals surface area contributed by atoms with E-state index in [0.717, 1.165) is 12.8 Å². The normalized spacial score (nSPS) is 22.5. The lowest BCUT2D eigenvalue weighted by Crippen LogP contribution is -2.43. The summed E-state index contributed by atoms with van der Waals surface area (Å²) in [5.41, 5.74) is 0. The van der Waals surface area contributed by atoms with Gasteiger partial charge in [0.2, 0.25) is 5.91 Å². The SMILES string of the molecule is CCCC(NCC1CCC(=O)N1)C(=O)O. The lowest BCUT2D eigenvalue weighted by molar-refractivity contribution is -0.139. The third-order valence-corrected chi connectivity index (χ3v) is 2.57. The van der Waals surface area contributed by atoms with Gasteiger partial charge in [-0.2, -0.15) is 0 Å². The Balaban J connectivity index is 2.27. The number of rotatable bonds is 6. The van der Waals surface area contributed by atoms with Crippen LogP contribution in [0.15, 0.2) is 0 Å². The van der Waals surface area contributed by atoms with Gasteiger partial charge in [-0.3, -0.25) is 9.59 Å². The summed E-state index contributed by atoms with van der Waals surface area (Å²) in [6.45, 7) is 2.50. The van der Waals surface area contributed by atoms with Gasteiger partial charge >= 0.3 is 5.97 Å². The minimum absolute atomic E-state index is 0.0594. The predicted molar refractivity (Wildman–Crippen MR) is 55.5 cm³/mol. The van der Waals surface area contributed by atoms with Crippen molar-refractivity contribution in [3.05, 3.63) is 0 Å². The average Bonchev–Trinajstić information content (AvgIpc) is 2.58. The molecule has 0 spiro atoms. The Hall–Kier alpha value is -1.10. The zero-order valence-electron chi connectivity index (χ0n) is 8.95. The Morgan fingerprint density at radius 2 is 2.47 bits per heavy atom. The van der Waals surface area contributed by atoms with E-state index in [1.54, 1.807) is 0 Å². The zero-order valence-corrected chi connectivity index (χ0v) is 8.95. The summed E-state index contributed by atoms with van der Waals surface area (Å²) in [6.07, 6.45) is 2.80. The molecule has 1 amide bonds. The summed E-state index contributed by atoms with van der Waals surface area (Å²) in [5.74, 6) is -0.759. The van der Waals surface area contributed by atoms with Crippen molar-refractivity contribution in [3.8, 4) is 0 Å². The molecule has 0 bridgehead atoms. The summed E-state index contributed by atoms with van der Waals surface area (Å²) in [5, 5.41) is 14.6. The number of hydrogen-bond acceptors (Lipinski definition) is 3. The highest BCUT2D eigenvalue weighted by Gasteiger charge is 2.23. The highest BCUT2D eigenvalue weighted by atomic mass is 16.4. The van der Waals surface area contributed by atoms with E-state index in [1.165, 1.54) is 0 Å². The predicted octanol–water partition coefficient (Wildman–Crippen LogP) is 0.108. The maximum atomic E-state index is 10.9. The van der Waals surface area contributed by atoms with Crippen molar-refractivity contribution in [3.63, 3.8) is 0 Å². The smallest absolute Gasteiger partial charge is 0.320 e. The van der Waals surface area contributed by atoms with Crippen LogP contribution >= 0.6 is 0 Å². The number of nitrogens with one attached hydrogen (secondary N) is 2. The molecular weight excluding hydrogens is 196 g/mol. The lowest BCUT2D eigenvalue weighted by atomic mass is 10.1. The monoisotopic (exact) mass is 214 g/mol. The van der Waals surface area contributed by atoms with Gasteiger partial charge in [0.25, 0.3) is 0 Å². The maximum Gasteiger partial charge on any atom is 0.320 e. The minimum atomic E-state index is -0.818. The van der Waals surface area contributed by atoms with Gasteiger partial charge in [-0.05, 0) is 12.8 Å². The first-order chi connectivity index (χ1) is 7.13. The standard InChI is InChI=1S/C10H18N2O3/c1-2-3-8(10(14)15)11-6-7-4-5-9(13)12-7/h7-8,11H,2-6H2,1H3,(H,12,13)(H,14,15). The first-order valence-corrected chi connectivity index (χ1v) is 5.39. The molecule has 1 heterocycles. The molecular formula is C10H18N2O3. The molecule has 0 aromatic heterocycles. The second-order valence-electron chi connectivity index (χ2n) is 3.89. The third-order valence-electron chi connectivity index (χ3n) is 2.57. The van der Waals surface area contributed by atoms with Crippen molar-refractivity contribution < 1.29 is 14.7 Å². The Kier molecular flexibility index (Phi) is 4.55. The molecule has 2 atom stereocenters. The van der Waals surface area contributed by atoms with E-state index >= 15 is 0 Å². The molecule has 1 fully saturated rings. The van der Waals surface area contributed by atoms with Gasteiger partial charge in [0, 0.05) is 19.0 Å². The van der Waals surface area contributed by atoms with Crippen molar-refractivity contribution in [2.24, 2.45) is 0 Å². The van der Waals surface area contributed by atoms with Crippen LogP contribution in [0.2, 0.25) is 0 Å². The largest absolute Gasteiger partial charge is 0.480 e. The van der Waals surface area contributed by atoms with Crippen LogP contribution < -0.4 is 10.6 Å². The van der Waals surface area contributed by atoms with Crippen LogP contribution in [0, 0.1) is 0 Å². The molecule has 3 N–H and O–H groups in total. The summed E-state index contributed by atoms with van der Waals surface area (Å²) in [6, 6.07) is -0.399. The second kappa shape index (κ2) is 5.70. The summed E-state index contributed by atoms with van der Waals surface area (Å²) < 4.78 is 0. The fourth-order valence-corrected chi connectivity index (χ4v) is 1.72. The highest BCUT2D eigenvalue weighted by Crippen LogP contribution is 2.06. The van der Waals surface area contributed by atoms with Crippen LogP contribution in [0.5, 0.6) is 0 Å². The lowest BCUT2D eigenvalue weighted by Gasteiger charge is -2.16. The number of carboxylic acids is 1. The molecule has 1 aliphatic heterocycles. The van der Waals surface area contributed by atoms with Crippen LogP contribution in [0.4, 0.5) is 0 Å². The van der Waals surface area contributed by atoms with Gasteiger partial charge in [-0.1, -0.05) is 13.3 Å². The van der Waals surface area contributed by atoms with E-state index in [0.29, 0.717) is 19.4 Å². The Morgan fingerprint density at radius 3 is 2.93 bits per heavy atom. The van der Waals surface area contributed by atoms with Crippen molar-refractivity contribution in [2.75, 3.05) is 6.54 Å². The van der Waals surface area contributed by atoms with Crippen molar-refractivity contribution in [1.82, 2.24) is 10.6 Å². The van der Waals surface area contributed by atoms with Crippen LogP contribution in [0.3, 0.4) is 0 Å². The Bertz CT molecular complexity index is 243. The van der Waals surface area contributed by atoms with Gasteiger partial charge in [0.15, 0.2) is 0 Å². The molecule has 86 valence electrons. The molecule has 0 saturated carbocycles. The molecule has 0 radical (unpaired) electrons. The average molecular weight is 214 g/mol. The molecule has 0 aromatic carbocycles. The molecule has 1 aliphatic rings. The first-order valence-electron chi connectivity index (χ1n) is 5.39. The minimum Gasteiger partial charge on any atom is -0.480 e. The summed E-state index contributed by atoms with van der Waals surface area (Å²) >= 11 is 0. The van der Waals surface area contributed by atoms with Gasteiger partial charge < -0.3 is 15.7 Å². The first kappa shape index (κ1) is 12.0. The van der Waals surface area contributed by atoms with Crippen molar-refractivity contribution in [1.29, 1.82) is 0 Å². The quantitative estimate of drug-likeness (QED) is 0.586. The number of carbonyl (C=O) groups is 2. The van der Waals surface area contributed by atoms with Gasteiger partial charge in [-0.25, -0.2) is 0 Å². The van der Waals surface area contributed by atoms with Gasteiger partial charge in [0.1, 0.15) is 6.04 Å². The third kappa shape index (κ3) is 3.87. The van der Waals surface area contributed by atoms with Gasteiger partial charge in [0.05, 0.1) is 0 Å². The molecule has 15 heavy (non-hydrogen) atoms. The van der Waals surface area contributed by atoms with E-state index < -0.39 is 12.0 Å². The van der Waals surface area contributed by atoms with Crippen molar-refractivity contribution in [2.45, 2.75) is 44.7 Å². The fourth-order valence-electron chi connectivity index (χ4n) is 1.72. The topological polar surface area (TPSA) is 78.4 Å². The number of carbonyl (C=O) groups excluding carboxylic acids is 1. The number of aliphatic carboxylic acids is 1. The number of amides is 1. The number of carboxylic acid groups (broad SMARTS) is 1. The van der Waals surface area contributed by atoms with Crippen LogP contribution in [-0.4, -0.2) is 35.6 Å². The zero-order chi connectivity index (χ0) is 11.3. The highest BCUT2D eigenvalue weighted by molar-refractivity contribution is 5.78. The maximum absolute atomic E-state index is 10.9. The molecule has 1 rings (SSSR count).